The Morgan fingerprint density at radius 2 is 2.08 bits per heavy atom. The first-order valence-electron chi connectivity index (χ1n) is 3.83. The van der Waals surface area contributed by atoms with Crippen LogP contribution in [-0.4, -0.2) is 12.1 Å². The molecule has 0 amide bonds. The van der Waals surface area contributed by atoms with Gasteiger partial charge in [-0.2, -0.15) is 0 Å². The first kappa shape index (κ1) is 9.00. The lowest BCUT2D eigenvalue weighted by molar-refractivity contribution is 0.396. The van der Waals surface area contributed by atoms with Gasteiger partial charge in [0.2, 0.25) is 5.88 Å². The molecule has 0 saturated heterocycles. The Kier molecular flexibility index (Phi) is 2.33. The zero-order valence-electron chi connectivity index (χ0n) is 7.66. The van der Waals surface area contributed by atoms with Crippen LogP contribution in [0.4, 0.5) is 0 Å². The second-order valence-electron chi connectivity index (χ2n) is 3.31. The zero-order chi connectivity index (χ0) is 9.19. The lowest BCUT2D eigenvalue weighted by atomic mass is 9.98. The molecule has 0 aromatic carbocycles. The van der Waals surface area contributed by atoms with Gasteiger partial charge in [-0.3, -0.25) is 0 Å². The SMILES string of the molecule is COc1ccc(C(C)(C)N)cn1. The van der Waals surface area contributed by atoms with E-state index < -0.39 is 0 Å². The summed E-state index contributed by atoms with van der Waals surface area (Å²) in [6, 6.07) is 3.73. The second-order valence-corrected chi connectivity index (χ2v) is 3.31. The Balaban J connectivity index is 2.93. The summed E-state index contributed by atoms with van der Waals surface area (Å²) in [4.78, 5) is 4.06. The number of nitrogens with two attached hydrogens (primary N) is 1. The third-order valence-corrected chi connectivity index (χ3v) is 1.69. The van der Waals surface area contributed by atoms with E-state index in [9.17, 15) is 0 Å². The normalized spacial score (nSPS) is 11.3. The van der Waals surface area contributed by atoms with Gasteiger partial charge >= 0.3 is 0 Å². The number of hydrogen-bond acceptors (Lipinski definition) is 3. The van der Waals surface area contributed by atoms with Crippen LogP contribution in [0.15, 0.2) is 18.3 Å². The van der Waals surface area contributed by atoms with Gasteiger partial charge in [0.1, 0.15) is 0 Å². The summed E-state index contributed by atoms with van der Waals surface area (Å²) in [6.45, 7) is 3.88. The number of methoxy groups -OCH3 is 1. The topological polar surface area (TPSA) is 48.1 Å². The van der Waals surface area contributed by atoms with Crippen molar-refractivity contribution in [2.45, 2.75) is 19.4 Å². The molecule has 1 aromatic rings. The molecule has 3 heteroatoms. The minimum Gasteiger partial charge on any atom is -0.481 e. The molecule has 0 aliphatic carbocycles. The predicted molar refractivity (Wildman–Crippen MR) is 48.0 cm³/mol. The third kappa shape index (κ3) is 1.95. The van der Waals surface area contributed by atoms with Crippen LogP contribution in [0.1, 0.15) is 19.4 Å². The van der Waals surface area contributed by atoms with E-state index in [1.54, 1.807) is 13.3 Å². The number of hydrogen-bond donors (Lipinski definition) is 1. The van der Waals surface area contributed by atoms with Gasteiger partial charge in [0.25, 0.3) is 0 Å². The zero-order valence-corrected chi connectivity index (χ0v) is 7.66. The molecule has 0 atom stereocenters. The fourth-order valence-corrected chi connectivity index (χ4v) is 0.882. The Morgan fingerprint density at radius 1 is 1.42 bits per heavy atom. The van der Waals surface area contributed by atoms with E-state index in [1.807, 2.05) is 26.0 Å². The standard InChI is InChI=1S/C9H14N2O/c1-9(2,10)7-4-5-8(12-3)11-6-7/h4-6H,10H2,1-3H3. The summed E-state index contributed by atoms with van der Waals surface area (Å²) in [6.07, 6.45) is 1.73. The lowest BCUT2D eigenvalue weighted by Crippen LogP contribution is -2.28. The van der Waals surface area contributed by atoms with Gasteiger partial charge in [-0.1, -0.05) is 6.07 Å². The first-order chi connectivity index (χ1) is 5.54. The van der Waals surface area contributed by atoms with Crippen LogP contribution in [0.3, 0.4) is 0 Å². The van der Waals surface area contributed by atoms with Crippen molar-refractivity contribution in [2.24, 2.45) is 5.73 Å². The lowest BCUT2D eigenvalue weighted by Gasteiger charge is -2.18. The summed E-state index contributed by atoms with van der Waals surface area (Å²) in [5.41, 5.74) is 6.54. The highest BCUT2D eigenvalue weighted by atomic mass is 16.5. The molecule has 2 N–H and O–H groups in total. The van der Waals surface area contributed by atoms with Crippen molar-refractivity contribution in [3.8, 4) is 5.88 Å². The number of nitrogens with zero attached hydrogens (tertiary/aromatic N) is 1. The van der Waals surface area contributed by atoms with Crippen LogP contribution in [0, 0.1) is 0 Å². The summed E-state index contributed by atoms with van der Waals surface area (Å²) < 4.78 is 4.93. The third-order valence-electron chi connectivity index (χ3n) is 1.69. The van der Waals surface area contributed by atoms with E-state index >= 15 is 0 Å². The molecular formula is C9H14N2O. The number of ether oxygens (including phenoxy) is 1. The molecule has 0 aliphatic heterocycles. The van der Waals surface area contributed by atoms with Crippen molar-refractivity contribution in [3.63, 3.8) is 0 Å². The molecule has 1 aromatic heterocycles. The average molecular weight is 166 g/mol. The Labute approximate surface area is 72.6 Å². The number of pyridine rings is 1. The Bertz CT molecular complexity index is 248. The van der Waals surface area contributed by atoms with E-state index in [4.69, 9.17) is 10.5 Å². The molecule has 1 heterocycles. The maximum atomic E-state index is 5.87. The van der Waals surface area contributed by atoms with Crippen molar-refractivity contribution < 1.29 is 4.74 Å². The molecule has 0 aliphatic rings. The molecule has 0 fully saturated rings. The van der Waals surface area contributed by atoms with E-state index in [2.05, 4.69) is 4.98 Å². The summed E-state index contributed by atoms with van der Waals surface area (Å²) >= 11 is 0. The maximum absolute atomic E-state index is 5.87. The molecular weight excluding hydrogens is 152 g/mol. The highest BCUT2D eigenvalue weighted by Crippen LogP contribution is 2.17. The molecule has 12 heavy (non-hydrogen) atoms. The molecule has 0 saturated carbocycles. The number of rotatable bonds is 2. The van der Waals surface area contributed by atoms with Crippen LogP contribution in [0.2, 0.25) is 0 Å². The van der Waals surface area contributed by atoms with Gasteiger partial charge in [-0.05, 0) is 19.4 Å². The molecule has 66 valence electrons. The van der Waals surface area contributed by atoms with Crippen LogP contribution < -0.4 is 10.5 Å². The van der Waals surface area contributed by atoms with Crippen molar-refractivity contribution in [1.82, 2.24) is 4.98 Å². The summed E-state index contributed by atoms with van der Waals surface area (Å²) in [5, 5.41) is 0. The van der Waals surface area contributed by atoms with Gasteiger partial charge in [0.05, 0.1) is 7.11 Å². The van der Waals surface area contributed by atoms with Crippen molar-refractivity contribution in [3.05, 3.63) is 23.9 Å². The fourth-order valence-electron chi connectivity index (χ4n) is 0.882. The molecule has 0 bridgehead atoms. The van der Waals surface area contributed by atoms with Gasteiger partial charge in [-0.25, -0.2) is 4.98 Å². The van der Waals surface area contributed by atoms with E-state index in [0.29, 0.717) is 5.88 Å². The van der Waals surface area contributed by atoms with E-state index in [-0.39, 0.29) is 5.54 Å². The second kappa shape index (κ2) is 3.11. The quantitative estimate of drug-likeness (QED) is 0.720. The van der Waals surface area contributed by atoms with Crippen molar-refractivity contribution >= 4 is 0 Å². The molecule has 0 radical (unpaired) electrons. The first-order valence-corrected chi connectivity index (χ1v) is 3.83. The van der Waals surface area contributed by atoms with Crippen molar-refractivity contribution in [1.29, 1.82) is 0 Å². The van der Waals surface area contributed by atoms with Crippen LogP contribution in [-0.2, 0) is 5.54 Å². The number of aromatic nitrogens is 1. The molecule has 1 rings (SSSR count). The molecule has 0 unspecified atom stereocenters. The van der Waals surface area contributed by atoms with Crippen LogP contribution in [0.5, 0.6) is 5.88 Å². The Morgan fingerprint density at radius 3 is 2.42 bits per heavy atom. The molecule has 0 spiro atoms. The summed E-state index contributed by atoms with van der Waals surface area (Å²) in [7, 11) is 1.59. The predicted octanol–water partition coefficient (Wildman–Crippen LogP) is 1.28. The maximum Gasteiger partial charge on any atom is 0.212 e. The fraction of sp³-hybridized carbons (Fsp3) is 0.444. The minimum atomic E-state index is -0.334. The smallest absolute Gasteiger partial charge is 0.212 e. The summed E-state index contributed by atoms with van der Waals surface area (Å²) in [5.74, 6) is 0.614. The monoisotopic (exact) mass is 166 g/mol. The van der Waals surface area contributed by atoms with Crippen LogP contribution >= 0.6 is 0 Å². The van der Waals surface area contributed by atoms with Crippen molar-refractivity contribution in [2.75, 3.05) is 7.11 Å². The van der Waals surface area contributed by atoms with Gasteiger partial charge in [0, 0.05) is 17.8 Å². The van der Waals surface area contributed by atoms with E-state index in [0.717, 1.165) is 5.56 Å². The van der Waals surface area contributed by atoms with E-state index in [1.165, 1.54) is 0 Å². The van der Waals surface area contributed by atoms with Gasteiger partial charge < -0.3 is 10.5 Å². The minimum absolute atomic E-state index is 0.334. The largest absolute Gasteiger partial charge is 0.481 e. The van der Waals surface area contributed by atoms with Gasteiger partial charge in [0.15, 0.2) is 0 Å². The Hall–Kier alpha value is -1.09. The molecule has 3 nitrogen and oxygen atoms in total. The average Bonchev–Trinajstić information content (AvgIpc) is 2.03. The highest BCUT2D eigenvalue weighted by molar-refractivity contribution is 5.23. The van der Waals surface area contributed by atoms with Gasteiger partial charge in [-0.15, -0.1) is 0 Å². The van der Waals surface area contributed by atoms with Crippen LogP contribution in [0.25, 0.3) is 0 Å². The highest BCUT2D eigenvalue weighted by Gasteiger charge is 2.13.